The predicted octanol–water partition coefficient (Wildman–Crippen LogP) is 4.42. The number of nitrogens with one attached hydrogen (secondary N) is 2. The zero-order chi connectivity index (χ0) is 25.2. The number of carbonyl (C=O) groups is 3. The van der Waals surface area contributed by atoms with Crippen molar-refractivity contribution in [3.63, 3.8) is 0 Å². The number of unbranched alkanes of at least 4 members (excludes halogenated alkanes) is 2. The van der Waals surface area contributed by atoms with Gasteiger partial charge in [0.05, 0.1) is 18.6 Å². The Bertz CT molecular complexity index is 966. The molecule has 2 aromatic rings. The van der Waals surface area contributed by atoms with E-state index in [2.05, 4.69) is 29.7 Å². The van der Waals surface area contributed by atoms with E-state index < -0.39 is 18.1 Å². The normalized spacial score (nSPS) is 13.8. The van der Waals surface area contributed by atoms with Crippen LogP contribution in [-0.4, -0.2) is 48.0 Å². The number of benzene rings is 2. The van der Waals surface area contributed by atoms with Crippen LogP contribution in [0.25, 0.3) is 11.1 Å². The first kappa shape index (κ1) is 26.2. The van der Waals surface area contributed by atoms with Crippen LogP contribution in [-0.2, 0) is 14.3 Å². The molecule has 188 valence electrons. The standard InChI is InChI=1S/C27H35N3O5/c1-3-5-6-15-23(25(4-2)30(34)18-31)26(32)28-17-29-27(33)35-16-24-21-13-9-7-11-19(21)20-12-8-10-14-22(20)24/h7-14,18,23-25,34H,3-6,15-17H2,1-2H3,(H,28,32)(H,29,33)/t23-,25-/m1/s1. The average Bonchev–Trinajstić information content (AvgIpc) is 3.20. The highest BCUT2D eigenvalue weighted by molar-refractivity contribution is 5.80. The maximum Gasteiger partial charge on any atom is 0.408 e. The number of hydroxylamine groups is 2. The second-order valence-electron chi connectivity index (χ2n) is 8.78. The van der Waals surface area contributed by atoms with E-state index in [1.54, 1.807) is 0 Å². The molecule has 8 heteroatoms. The van der Waals surface area contributed by atoms with Gasteiger partial charge < -0.3 is 15.4 Å². The molecule has 0 unspecified atom stereocenters. The smallest absolute Gasteiger partial charge is 0.408 e. The molecule has 0 bridgehead atoms. The molecule has 3 rings (SSSR count). The molecule has 1 aliphatic carbocycles. The SMILES string of the molecule is CCCCC[C@@H](C(=O)NCNC(=O)OCC1c2ccccc2-c2ccccc21)[C@@H](CC)N(O)C=O. The monoisotopic (exact) mass is 481 g/mol. The van der Waals surface area contributed by atoms with Gasteiger partial charge in [0, 0.05) is 5.92 Å². The topological polar surface area (TPSA) is 108 Å². The lowest BCUT2D eigenvalue weighted by Crippen LogP contribution is -2.47. The number of hydrogen-bond acceptors (Lipinski definition) is 5. The summed E-state index contributed by atoms with van der Waals surface area (Å²) in [5.41, 5.74) is 4.55. The third-order valence-electron chi connectivity index (χ3n) is 6.63. The summed E-state index contributed by atoms with van der Waals surface area (Å²) in [6, 6.07) is 15.6. The number of nitrogens with zero attached hydrogens (tertiary/aromatic N) is 1. The lowest BCUT2D eigenvalue weighted by atomic mass is 9.90. The van der Waals surface area contributed by atoms with E-state index in [4.69, 9.17) is 4.74 Å². The van der Waals surface area contributed by atoms with Crippen molar-refractivity contribution < 1.29 is 24.3 Å². The van der Waals surface area contributed by atoms with Crippen LogP contribution in [0.3, 0.4) is 0 Å². The molecule has 8 nitrogen and oxygen atoms in total. The first-order valence-electron chi connectivity index (χ1n) is 12.3. The molecule has 3 N–H and O–H groups in total. The maximum absolute atomic E-state index is 12.8. The molecule has 0 spiro atoms. The Morgan fingerprint density at radius 1 is 1.03 bits per heavy atom. The van der Waals surface area contributed by atoms with Crippen molar-refractivity contribution in [2.75, 3.05) is 13.3 Å². The van der Waals surface area contributed by atoms with Gasteiger partial charge in [-0.2, -0.15) is 0 Å². The van der Waals surface area contributed by atoms with Gasteiger partial charge in [-0.05, 0) is 35.1 Å². The quantitative estimate of drug-likeness (QED) is 0.129. The van der Waals surface area contributed by atoms with E-state index in [9.17, 15) is 19.6 Å². The minimum absolute atomic E-state index is 0.0464. The minimum atomic E-state index is -0.626. The molecule has 0 saturated heterocycles. The molecule has 3 amide bonds. The van der Waals surface area contributed by atoms with Crippen molar-refractivity contribution in [2.24, 2.45) is 5.92 Å². The summed E-state index contributed by atoms with van der Waals surface area (Å²) >= 11 is 0. The van der Waals surface area contributed by atoms with Crippen molar-refractivity contribution in [2.45, 2.75) is 57.9 Å². The molecule has 0 aromatic heterocycles. The van der Waals surface area contributed by atoms with Crippen LogP contribution < -0.4 is 10.6 Å². The predicted molar refractivity (Wildman–Crippen MR) is 133 cm³/mol. The van der Waals surface area contributed by atoms with Gasteiger partial charge in [0.15, 0.2) is 0 Å². The molecule has 2 atom stereocenters. The molecule has 0 aliphatic heterocycles. The first-order valence-corrected chi connectivity index (χ1v) is 12.3. The lowest BCUT2D eigenvalue weighted by molar-refractivity contribution is -0.168. The van der Waals surface area contributed by atoms with E-state index >= 15 is 0 Å². The van der Waals surface area contributed by atoms with Crippen LogP contribution in [0.1, 0.15) is 63.0 Å². The van der Waals surface area contributed by atoms with Crippen molar-refractivity contribution in [1.82, 2.24) is 15.7 Å². The Hall–Kier alpha value is -3.39. The molecular formula is C27H35N3O5. The van der Waals surface area contributed by atoms with Crippen LogP contribution in [0.5, 0.6) is 0 Å². The van der Waals surface area contributed by atoms with E-state index in [1.807, 2.05) is 43.3 Å². The number of hydrogen-bond donors (Lipinski definition) is 3. The lowest BCUT2D eigenvalue weighted by Gasteiger charge is -2.29. The zero-order valence-electron chi connectivity index (χ0n) is 20.4. The average molecular weight is 482 g/mol. The number of alkyl carbamates (subject to hydrolysis) is 1. The van der Waals surface area contributed by atoms with Crippen LogP contribution in [0.15, 0.2) is 48.5 Å². The number of amides is 3. The van der Waals surface area contributed by atoms with Crippen molar-refractivity contribution in [1.29, 1.82) is 0 Å². The highest BCUT2D eigenvalue weighted by atomic mass is 16.5. The molecule has 0 heterocycles. The van der Waals surface area contributed by atoms with Crippen molar-refractivity contribution >= 4 is 18.4 Å². The third kappa shape index (κ3) is 6.39. The van der Waals surface area contributed by atoms with Crippen LogP contribution in [0.4, 0.5) is 4.79 Å². The summed E-state index contributed by atoms with van der Waals surface area (Å²) in [6.45, 7) is 3.95. The summed E-state index contributed by atoms with van der Waals surface area (Å²) < 4.78 is 5.49. The first-order chi connectivity index (χ1) is 17.0. The fraction of sp³-hybridized carbons (Fsp3) is 0.444. The van der Waals surface area contributed by atoms with E-state index in [0.29, 0.717) is 24.3 Å². The molecular weight excluding hydrogens is 446 g/mol. The highest BCUT2D eigenvalue weighted by Crippen LogP contribution is 2.44. The molecule has 0 saturated carbocycles. The van der Waals surface area contributed by atoms with Crippen LogP contribution >= 0.6 is 0 Å². The second-order valence-corrected chi connectivity index (χ2v) is 8.78. The summed E-state index contributed by atoms with van der Waals surface area (Å²) in [4.78, 5) is 36.2. The Labute approximate surface area is 206 Å². The van der Waals surface area contributed by atoms with Gasteiger partial charge in [0.25, 0.3) is 0 Å². The number of ether oxygens (including phenoxy) is 1. The summed E-state index contributed by atoms with van der Waals surface area (Å²) in [7, 11) is 0. The second kappa shape index (κ2) is 12.9. The summed E-state index contributed by atoms with van der Waals surface area (Å²) in [6.07, 6.45) is 3.41. The summed E-state index contributed by atoms with van der Waals surface area (Å²) in [5, 5.41) is 15.7. The van der Waals surface area contributed by atoms with Crippen molar-refractivity contribution in [3.05, 3.63) is 59.7 Å². The Morgan fingerprint density at radius 2 is 1.66 bits per heavy atom. The van der Waals surface area contributed by atoms with Gasteiger partial charge in [-0.25, -0.2) is 9.86 Å². The molecule has 1 aliphatic rings. The molecule has 2 aromatic carbocycles. The fourth-order valence-electron chi connectivity index (χ4n) is 4.83. The summed E-state index contributed by atoms with van der Waals surface area (Å²) in [5.74, 6) is -0.950. The Balaban J connectivity index is 1.53. The third-order valence-corrected chi connectivity index (χ3v) is 6.63. The fourth-order valence-corrected chi connectivity index (χ4v) is 4.83. The Morgan fingerprint density at radius 3 is 2.23 bits per heavy atom. The van der Waals surface area contributed by atoms with Crippen LogP contribution in [0, 0.1) is 5.92 Å². The van der Waals surface area contributed by atoms with Crippen LogP contribution in [0.2, 0.25) is 0 Å². The van der Waals surface area contributed by atoms with Gasteiger partial charge >= 0.3 is 6.09 Å². The van der Waals surface area contributed by atoms with Gasteiger partial charge in [-0.15, -0.1) is 0 Å². The van der Waals surface area contributed by atoms with Gasteiger partial charge in [-0.1, -0.05) is 81.6 Å². The number of fused-ring (bicyclic) bond motifs is 3. The zero-order valence-corrected chi connectivity index (χ0v) is 20.4. The molecule has 0 fully saturated rings. The van der Waals surface area contributed by atoms with E-state index in [1.165, 1.54) is 0 Å². The minimum Gasteiger partial charge on any atom is -0.449 e. The van der Waals surface area contributed by atoms with Crippen molar-refractivity contribution in [3.8, 4) is 11.1 Å². The maximum atomic E-state index is 12.8. The van der Waals surface area contributed by atoms with E-state index in [-0.39, 0.29) is 25.1 Å². The molecule has 35 heavy (non-hydrogen) atoms. The number of rotatable bonds is 13. The van der Waals surface area contributed by atoms with Gasteiger partial charge in [0.2, 0.25) is 12.3 Å². The van der Waals surface area contributed by atoms with E-state index in [0.717, 1.165) is 41.5 Å². The van der Waals surface area contributed by atoms with Gasteiger partial charge in [0.1, 0.15) is 6.61 Å². The number of carbonyl (C=O) groups excluding carboxylic acids is 3. The van der Waals surface area contributed by atoms with Gasteiger partial charge in [-0.3, -0.25) is 14.8 Å². The highest BCUT2D eigenvalue weighted by Gasteiger charge is 2.31. The largest absolute Gasteiger partial charge is 0.449 e. The molecule has 0 radical (unpaired) electrons. The Kier molecular flexibility index (Phi) is 9.66.